The summed E-state index contributed by atoms with van der Waals surface area (Å²) < 4.78 is 26.5. The second kappa shape index (κ2) is 11.6. The molecule has 3 aliphatic rings. The van der Waals surface area contributed by atoms with Gasteiger partial charge >= 0.3 is 0 Å². The second-order valence-electron chi connectivity index (χ2n) is 8.33. The standard InChI is InChI=1S/C18H32O16/c19-1-4-7(22)10(25)12(27)17(31-4)34-15-11(26)8(23)5(2-20)32-18(15)33-14-9(24)6(3-21)30-16(29)13(14)28/h4-29H,1-3H2/t4-,5-,6-,7-,8-,9-,10+,11+,12-,13-,14+,15-,16?,17-,18-/m1/s1. The van der Waals surface area contributed by atoms with Crippen molar-refractivity contribution in [3.8, 4) is 0 Å². The van der Waals surface area contributed by atoms with Gasteiger partial charge in [0.25, 0.3) is 0 Å². The molecule has 16 heteroatoms. The van der Waals surface area contributed by atoms with Gasteiger partial charge in [-0.05, 0) is 0 Å². The van der Waals surface area contributed by atoms with E-state index in [1.165, 1.54) is 0 Å². The van der Waals surface area contributed by atoms with E-state index in [4.69, 9.17) is 23.7 Å². The first-order valence-electron chi connectivity index (χ1n) is 10.6. The van der Waals surface area contributed by atoms with Crippen molar-refractivity contribution >= 4 is 0 Å². The van der Waals surface area contributed by atoms with E-state index in [9.17, 15) is 56.2 Å². The van der Waals surface area contributed by atoms with Gasteiger partial charge < -0.3 is 79.9 Å². The Bertz CT molecular complexity index is 639. The Kier molecular flexibility index (Phi) is 9.54. The third-order valence-electron chi connectivity index (χ3n) is 6.10. The van der Waals surface area contributed by atoms with E-state index in [1.807, 2.05) is 0 Å². The summed E-state index contributed by atoms with van der Waals surface area (Å²) in [6.07, 6.45) is -25.7. The Labute approximate surface area is 192 Å². The molecule has 15 atom stereocenters. The maximum absolute atomic E-state index is 10.6. The lowest BCUT2D eigenvalue weighted by atomic mass is 9.96. The molecule has 0 aromatic rings. The molecule has 3 fully saturated rings. The van der Waals surface area contributed by atoms with E-state index in [0.29, 0.717) is 0 Å². The highest BCUT2D eigenvalue weighted by Gasteiger charge is 2.53. The maximum Gasteiger partial charge on any atom is 0.187 e. The van der Waals surface area contributed by atoms with Crippen LogP contribution in [0.1, 0.15) is 0 Å². The molecule has 0 saturated carbocycles. The maximum atomic E-state index is 10.6. The topological polar surface area (TPSA) is 269 Å². The second-order valence-corrected chi connectivity index (χ2v) is 8.33. The van der Waals surface area contributed by atoms with Crippen LogP contribution < -0.4 is 0 Å². The molecular formula is C18H32O16. The lowest BCUT2D eigenvalue weighted by Crippen LogP contribution is -2.67. The quantitative estimate of drug-likeness (QED) is 0.154. The summed E-state index contributed by atoms with van der Waals surface area (Å²) in [6.45, 7) is -2.34. The Balaban J connectivity index is 1.84. The normalized spacial score (nSPS) is 52.5. The fraction of sp³-hybridized carbons (Fsp3) is 1.00. The molecule has 11 N–H and O–H groups in total. The van der Waals surface area contributed by atoms with Crippen molar-refractivity contribution in [3.05, 3.63) is 0 Å². The molecule has 3 rings (SSSR count). The zero-order valence-corrected chi connectivity index (χ0v) is 17.7. The highest BCUT2D eigenvalue weighted by Crippen LogP contribution is 2.32. The van der Waals surface area contributed by atoms with Gasteiger partial charge in [0.2, 0.25) is 0 Å². The van der Waals surface area contributed by atoms with Crippen LogP contribution in [0.15, 0.2) is 0 Å². The summed E-state index contributed by atoms with van der Waals surface area (Å²) in [5.41, 5.74) is 0. The van der Waals surface area contributed by atoms with E-state index < -0.39 is 112 Å². The average molecular weight is 504 g/mol. The SMILES string of the molecule is OC[C@H]1O[C@H](O[C@H]2[C@@H](O[C@H]3[C@H](O)[C@@H](CO)OC(O)[C@@H]3O)O[C@H](CO)[C@@H](O)[C@@H]2O)[C@H](O)[C@@H](O)[C@@H]1O. The predicted octanol–water partition coefficient (Wildman–Crippen LogP) is -7.57. The molecule has 0 aromatic heterocycles. The van der Waals surface area contributed by atoms with Gasteiger partial charge in [0.1, 0.15) is 73.2 Å². The van der Waals surface area contributed by atoms with Crippen LogP contribution in [0.25, 0.3) is 0 Å². The molecule has 3 aliphatic heterocycles. The molecule has 0 radical (unpaired) electrons. The van der Waals surface area contributed by atoms with Gasteiger partial charge in [0.05, 0.1) is 19.8 Å². The van der Waals surface area contributed by atoms with Gasteiger partial charge in [-0.15, -0.1) is 0 Å². The smallest absolute Gasteiger partial charge is 0.187 e. The summed E-state index contributed by atoms with van der Waals surface area (Å²) >= 11 is 0. The van der Waals surface area contributed by atoms with Crippen LogP contribution in [0.3, 0.4) is 0 Å². The van der Waals surface area contributed by atoms with Crippen LogP contribution in [0.5, 0.6) is 0 Å². The fourth-order valence-corrected chi connectivity index (χ4v) is 4.03. The first-order valence-corrected chi connectivity index (χ1v) is 10.6. The van der Waals surface area contributed by atoms with E-state index in [-0.39, 0.29) is 0 Å². The minimum Gasteiger partial charge on any atom is -0.394 e. The molecule has 0 aromatic carbocycles. The van der Waals surface area contributed by atoms with Gasteiger partial charge in [-0.25, -0.2) is 0 Å². The van der Waals surface area contributed by atoms with Gasteiger partial charge in [0, 0.05) is 0 Å². The molecule has 0 spiro atoms. The number of aliphatic hydroxyl groups excluding tert-OH is 11. The summed E-state index contributed by atoms with van der Waals surface area (Å²) in [4.78, 5) is 0. The van der Waals surface area contributed by atoms with Crippen LogP contribution >= 0.6 is 0 Å². The zero-order valence-electron chi connectivity index (χ0n) is 17.7. The number of hydrogen-bond acceptors (Lipinski definition) is 16. The minimum absolute atomic E-state index is 0.762. The molecule has 0 aliphatic carbocycles. The number of ether oxygens (including phenoxy) is 5. The highest BCUT2D eigenvalue weighted by molar-refractivity contribution is 4.96. The van der Waals surface area contributed by atoms with Crippen LogP contribution in [0.2, 0.25) is 0 Å². The van der Waals surface area contributed by atoms with Crippen molar-refractivity contribution < 1.29 is 79.9 Å². The Morgan fingerprint density at radius 2 is 0.912 bits per heavy atom. The largest absolute Gasteiger partial charge is 0.394 e. The molecule has 0 bridgehead atoms. The Hall–Kier alpha value is -0.640. The summed E-state index contributed by atoms with van der Waals surface area (Å²) in [6, 6.07) is 0. The van der Waals surface area contributed by atoms with Crippen LogP contribution in [0, 0.1) is 0 Å². The summed E-state index contributed by atoms with van der Waals surface area (Å²) in [5, 5.41) is 110. The van der Waals surface area contributed by atoms with Gasteiger partial charge in [-0.1, -0.05) is 0 Å². The third-order valence-corrected chi connectivity index (χ3v) is 6.10. The van der Waals surface area contributed by atoms with Crippen molar-refractivity contribution in [2.75, 3.05) is 19.8 Å². The molecular weight excluding hydrogens is 472 g/mol. The fourth-order valence-electron chi connectivity index (χ4n) is 4.03. The van der Waals surface area contributed by atoms with Crippen LogP contribution in [-0.2, 0) is 23.7 Å². The number of aliphatic hydroxyl groups is 11. The van der Waals surface area contributed by atoms with Gasteiger partial charge in [-0.2, -0.15) is 0 Å². The molecule has 1 unspecified atom stereocenters. The van der Waals surface area contributed by atoms with Crippen LogP contribution in [0.4, 0.5) is 0 Å². The highest BCUT2D eigenvalue weighted by atomic mass is 16.8. The molecule has 200 valence electrons. The zero-order chi connectivity index (χ0) is 25.3. The Morgan fingerprint density at radius 3 is 1.47 bits per heavy atom. The molecule has 16 nitrogen and oxygen atoms in total. The van der Waals surface area contributed by atoms with E-state index in [0.717, 1.165) is 0 Å². The average Bonchev–Trinajstić information content (AvgIpc) is 2.83. The predicted molar refractivity (Wildman–Crippen MR) is 101 cm³/mol. The van der Waals surface area contributed by atoms with E-state index in [1.54, 1.807) is 0 Å². The molecule has 0 amide bonds. The Morgan fingerprint density at radius 1 is 0.441 bits per heavy atom. The molecule has 3 heterocycles. The third kappa shape index (κ3) is 5.37. The minimum atomic E-state index is -1.89. The van der Waals surface area contributed by atoms with E-state index >= 15 is 0 Å². The first kappa shape index (κ1) is 27.9. The summed E-state index contributed by atoms with van der Waals surface area (Å²) in [5.74, 6) is 0. The number of hydrogen-bond donors (Lipinski definition) is 11. The van der Waals surface area contributed by atoms with Gasteiger partial charge in [-0.3, -0.25) is 0 Å². The summed E-state index contributed by atoms with van der Waals surface area (Å²) in [7, 11) is 0. The van der Waals surface area contributed by atoms with Crippen molar-refractivity contribution in [2.45, 2.75) is 92.1 Å². The lowest BCUT2D eigenvalue weighted by molar-refractivity contribution is -0.387. The molecule has 3 saturated heterocycles. The van der Waals surface area contributed by atoms with Crippen molar-refractivity contribution in [3.63, 3.8) is 0 Å². The van der Waals surface area contributed by atoms with Gasteiger partial charge in [0.15, 0.2) is 18.9 Å². The van der Waals surface area contributed by atoms with Crippen molar-refractivity contribution in [2.24, 2.45) is 0 Å². The van der Waals surface area contributed by atoms with E-state index in [2.05, 4.69) is 0 Å². The monoisotopic (exact) mass is 504 g/mol. The van der Waals surface area contributed by atoms with Crippen molar-refractivity contribution in [1.82, 2.24) is 0 Å². The van der Waals surface area contributed by atoms with Crippen molar-refractivity contribution in [1.29, 1.82) is 0 Å². The lowest BCUT2D eigenvalue weighted by Gasteiger charge is -2.48. The van der Waals surface area contributed by atoms with Crippen LogP contribution in [-0.4, -0.2) is 168 Å². The first-order chi connectivity index (χ1) is 16.0. The molecule has 34 heavy (non-hydrogen) atoms. The number of rotatable bonds is 7.